The van der Waals surface area contributed by atoms with Gasteiger partial charge in [0.25, 0.3) is 0 Å². The molecule has 1 saturated heterocycles. The topological polar surface area (TPSA) is 59.2 Å². The monoisotopic (exact) mass is 339 g/mol. The second-order valence-electron chi connectivity index (χ2n) is 5.66. The van der Waals surface area contributed by atoms with Crippen LogP contribution in [0.3, 0.4) is 0 Å². The van der Waals surface area contributed by atoms with Crippen LogP contribution in [0.2, 0.25) is 4.34 Å². The minimum Gasteiger partial charge on any atom is -0.342 e. The van der Waals surface area contributed by atoms with Gasteiger partial charge in [-0.15, -0.1) is 11.3 Å². The van der Waals surface area contributed by atoms with Gasteiger partial charge in [-0.1, -0.05) is 16.8 Å². The summed E-state index contributed by atoms with van der Waals surface area (Å²) >= 11 is 7.39. The van der Waals surface area contributed by atoms with Gasteiger partial charge >= 0.3 is 0 Å². The smallest absolute Gasteiger partial charge is 0.227 e. The first-order valence-corrected chi connectivity index (χ1v) is 8.61. The van der Waals surface area contributed by atoms with Gasteiger partial charge in [0.1, 0.15) is 0 Å². The van der Waals surface area contributed by atoms with E-state index in [2.05, 4.69) is 10.1 Å². The largest absolute Gasteiger partial charge is 0.342 e. The van der Waals surface area contributed by atoms with Gasteiger partial charge in [0.2, 0.25) is 11.8 Å². The molecule has 1 atom stereocenters. The molecule has 0 aliphatic carbocycles. The van der Waals surface area contributed by atoms with E-state index < -0.39 is 0 Å². The van der Waals surface area contributed by atoms with E-state index in [0.717, 1.165) is 47.4 Å². The summed E-state index contributed by atoms with van der Waals surface area (Å²) in [7, 11) is 0. The molecule has 1 aliphatic rings. The third-order valence-corrected chi connectivity index (χ3v) is 5.10. The van der Waals surface area contributed by atoms with Gasteiger partial charge < -0.3 is 9.42 Å². The van der Waals surface area contributed by atoms with Crippen molar-refractivity contribution in [1.82, 2.24) is 15.0 Å². The zero-order valence-corrected chi connectivity index (χ0v) is 14.0. The van der Waals surface area contributed by atoms with Crippen molar-refractivity contribution < 1.29 is 9.32 Å². The summed E-state index contributed by atoms with van der Waals surface area (Å²) in [6.45, 7) is 3.39. The first-order valence-electron chi connectivity index (χ1n) is 7.41. The summed E-state index contributed by atoms with van der Waals surface area (Å²) in [4.78, 5) is 19.6. The predicted molar refractivity (Wildman–Crippen MR) is 85.1 cm³/mol. The molecule has 2 aromatic heterocycles. The molecule has 0 spiro atoms. The van der Waals surface area contributed by atoms with Crippen molar-refractivity contribution in [3.8, 4) is 0 Å². The number of carbonyl (C=O) groups is 1. The van der Waals surface area contributed by atoms with Crippen molar-refractivity contribution >= 4 is 28.8 Å². The summed E-state index contributed by atoms with van der Waals surface area (Å²) in [5, 5.41) is 3.95. The van der Waals surface area contributed by atoms with E-state index >= 15 is 0 Å². The number of hydrogen-bond acceptors (Lipinski definition) is 5. The molecule has 3 heterocycles. The fourth-order valence-corrected chi connectivity index (χ4v) is 3.93. The first-order chi connectivity index (χ1) is 10.6. The summed E-state index contributed by atoms with van der Waals surface area (Å²) in [5.74, 6) is 1.91. The van der Waals surface area contributed by atoms with E-state index in [-0.39, 0.29) is 5.91 Å². The first kappa shape index (κ1) is 15.5. The predicted octanol–water partition coefficient (Wildman–Crippen LogP) is 3.12. The normalized spacial score (nSPS) is 18.6. The van der Waals surface area contributed by atoms with Crippen LogP contribution >= 0.6 is 22.9 Å². The number of halogens is 1. The van der Waals surface area contributed by atoms with Crippen LogP contribution in [-0.4, -0.2) is 34.0 Å². The lowest BCUT2D eigenvalue weighted by Gasteiger charge is -2.32. The van der Waals surface area contributed by atoms with Gasteiger partial charge in [0.15, 0.2) is 5.82 Å². The Bertz CT molecular complexity index is 655. The number of piperidine rings is 1. The molecule has 2 aromatic rings. The van der Waals surface area contributed by atoms with Crippen LogP contribution in [-0.2, 0) is 17.6 Å². The second-order valence-corrected chi connectivity index (χ2v) is 7.46. The molecule has 0 aromatic carbocycles. The fourth-order valence-electron chi connectivity index (χ4n) is 2.85. The molecule has 0 bridgehead atoms. The van der Waals surface area contributed by atoms with E-state index in [1.54, 1.807) is 6.92 Å². The van der Waals surface area contributed by atoms with Crippen molar-refractivity contribution in [2.75, 3.05) is 13.1 Å². The van der Waals surface area contributed by atoms with Crippen LogP contribution in [0, 0.1) is 12.8 Å². The van der Waals surface area contributed by atoms with E-state index in [1.165, 1.54) is 11.3 Å². The van der Waals surface area contributed by atoms with Gasteiger partial charge in [-0.25, -0.2) is 0 Å². The number of aryl methyl sites for hydroxylation is 1. The Kier molecular flexibility index (Phi) is 4.78. The maximum absolute atomic E-state index is 12.4. The minimum absolute atomic E-state index is 0.174. The van der Waals surface area contributed by atoms with Crippen molar-refractivity contribution in [2.24, 2.45) is 5.92 Å². The Balaban J connectivity index is 1.56. The van der Waals surface area contributed by atoms with Crippen molar-refractivity contribution in [1.29, 1.82) is 0 Å². The van der Waals surface area contributed by atoms with Gasteiger partial charge in [-0.3, -0.25) is 4.79 Å². The lowest BCUT2D eigenvalue weighted by Crippen LogP contribution is -2.41. The lowest BCUT2D eigenvalue weighted by molar-refractivity contribution is -0.132. The molecule has 3 rings (SSSR count). The molecular formula is C15H18ClN3O2S. The summed E-state index contributed by atoms with van der Waals surface area (Å²) in [5.41, 5.74) is 0. The number of thiophene rings is 1. The van der Waals surface area contributed by atoms with E-state index in [4.69, 9.17) is 16.1 Å². The van der Waals surface area contributed by atoms with Gasteiger partial charge in [-0.2, -0.15) is 4.98 Å². The van der Waals surface area contributed by atoms with Crippen LogP contribution in [0.15, 0.2) is 16.7 Å². The van der Waals surface area contributed by atoms with E-state index in [9.17, 15) is 4.79 Å². The van der Waals surface area contributed by atoms with Crippen molar-refractivity contribution in [2.45, 2.75) is 32.6 Å². The Labute approximate surface area is 138 Å². The third kappa shape index (κ3) is 3.87. The molecule has 5 nitrogen and oxygen atoms in total. The Morgan fingerprint density at radius 2 is 2.41 bits per heavy atom. The van der Waals surface area contributed by atoms with Gasteiger partial charge in [0, 0.05) is 31.3 Å². The maximum atomic E-state index is 12.4. The molecule has 0 N–H and O–H groups in total. The Morgan fingerprint density at radius 3 is 3.09 bits per heavy atom. The standard InChI is InChI=1S/C15H18ClN3O2S/c1-10-17-14(18-21-10)7-11-3-2-6-19(9-11)15(20)8-12-4-5-13(16)22-12/h4-5,11H,2-3,6-9H2,1H3/t11-/m0/s1. The number of rotatable bonds is 4. The molecule has 1 aliphatic heterocycles. The van der Waals surface area contributed by atoms with Crippen LogP contribution in [0.25, 0.3) is 0 Å². The average Bonchev–Trinajstić information content (AvgIpc) is 3.08. The Morgan fingerprint density at radius 1 is 1.55 bits per heavy atom. The zero-order chi connectivity index (χ0) is 15.5. The van der Waals surface area contributed by atoms with E-state index in [0.29, 0.717) is 18.2 Å². The Hall–Kier alpha value is -1.40. The number of hydrogen-bond donors (Lipinski definition) is 0. The molecule has 0 radical (unpaired) electrons. The number of likely N-dealkylation sites (tertiary alicyclic amines) is 1. The molecule has 0 saturated carbocycles. The van der Waals surface area contributed by atoms with Gasteiger partial charge in [-0.05, 0) is 30.9 Å². The second kappa shape index (κ2) is 6.79. The third-order valence-electron chi connectivity index (χ3n) is 3.87. The quantitative estimate of drug-likeness (QED) is 0.858. The summed E-state index contributed by atoms with van der Waals surface area (Å²) in [6.07, 6.45) is 3.33. The van der Waals surface area contributed by atoms with Crippen LogP contribution in [0.5, 0.6) is 0 Å². The highest BCUT2D eigenvalue weighted by Crippen LogP contribution is 2.24. The highest BCUT2D eigenvalue weighted by molar-refractivity contribution is 7.16. The highest BCUT2D eigenvalue weighted by Gasteiger charge is 2.25. The lowest BCUT2D eigenvalue weighted by atomic mass is 9.94. The van der Waals surface area contributed by atoms with Crippen molar-refractivity contribution in [3.63, 3.8) is 0 Å². The van der Waals surface area contributed by atoms with Crippen LogP contribution < -0.4 is 0 Å². The average molecular weight is 340 g/mol. The highest BCUT2D eigenvalue weighted by atomic mass is 35.5. The van der Waals surface area contributed by atoms with Crippen LogP contribution in [0.1, 0.15) is 29.4 Å². The fraction of sp³-hybridized carbons (Fsp3) is 0.533. The van der Waals surface area contributed by atoms with Gasteiger partial charge in [0.05, 0.1) is 10.8 Å². The molecule has 1 fully saturated rings. The number of nitrogens with zero attached hydrogens (tertiary/aromatic N) is 3. The number of amides is 1. The SMILES string of the molecule is Cc1nc(C[C@@H]2CCCN(C(=O)Cc3ccc(Cl)s3)C2)no1. The summed E-state index contributed by atoms with van der Waals surface area (Å²) < 4.78 is 5.74. The summed E-state index contributed by atoms with van der Waals surface area (Å²) in [6, 6.07) is 3.76. The van der Waals surface area contributed by atoms with E-state index in [1.807, 2.05) is 17.0 Å². The minimum atomic E-state index is 0.174. The molecule has 118 valence electrons. The molecule has 1 amide bonds. The maximum Gasteiger partial charge on any atom is 0.227 e. The molecule has 0 unspecified atom stereocenters. The number of aromatic nitrogens is 2. The molecule has 22 heavy (non-hydrogen) atoms. The molecule has 7 heteroatoms. The van der Waals surface area contributed by atoms with Crippen LogP contribution in [0.4, 0.5) is 0 Å². The van der Waals surface area contributed by atoms with Crippen molar-refractivity contribution in [3.05, 3.63) is 33.1 Å². The number of carbonyl (C=O) groups excluding carboxylic acids is 1. The zero-order valence-electron chi connectivity index (χ0n) is 12.4. The molecular weight excluding hydrogens is 322 g/mol.